The van der Waals surface area contributed by atoms with Gasteiger partial charge in [-0.1, -0.05) is 36.5 Å². The van der Waals surface area contributed by atoms with E-state index in [4.69, 9.17) is 0 Å². The molecule has 86 valence electrons. The molecule has 0 amide bonds. The van der Waals surface area contributed by atoms with Gasteiger partial charge >= 0.3 is 0 Å². The van der Waals surface area contributed by atoms with E-state index in [1.165, 1.54) is 0 Å². The van der Waals surface area contributed by atoms with Crippen molar-refractivity contribution in [1.29, 1.82) is 0 Å². The van der Waals surface area contributed by atoms with Crippen molar-refractivity contribution in [1.82, 2.24) is 0 Å². The average Bonchev–Trinajstić information content (AvgIpc) is 2.40. The summed E-state index contributed by atoms with van der Waals surface area (Å²) >= 11 is 0. The SMILES string of the molecule is O=C1C=C[C@@H]2C=CC3=C4C2=C1C=C[C@@H]4C=CC3=O. The van der Waals surface area contributed by atoms with Gasteiger partial charge in [-0.15, -0.1) is 0 Å². The van der Waals surface area contributed by atoms with Gasteiger partial charge in [0, 0.05) is 23.0 Å². The summed E-state index contributed by atoms with van der Waals surface area (Å²) in [6.45, 7) is 0. The molecule has 0 bridgehead atoms. The number of carbonyl (C=O) groups excluding carboxylic acids is 2. The molecule has 0 saturated carbocycles. The Morgan fingerprint density at radius 2 is 1.00 bits per heavy atom. The molecule has 0 aromatic rings. The molecule has 0 fully saturated rings. The Hall–Kier alpha value is -2.22. The summed E-state index contributed by atoms with van der Waals surface area (Å²) in [6, 6.07) is 0. The molecule has 2 nitrogen and oxygen atoms in total. The van der Waals surface area contributed by atoms with Crippen LogP contribution in [0.15, 0.2) is 70.9 Å². The zero-order valence-electron chi connectivity index (χ0n) is 9.59. The first kappa shape index (κ1) is 9.77. The van der Waals surface area contributed by atoms with Crippen molar-refractivity contribution in [2.24, 2.45) is 11.8 Å². The molecule has 0 aromatic carbocycles. The molecule has 0 spiro atoms. The standard InChI is InChI=1S/C16H10O2/c17-13-8-4-10-2-6-12-14(18)7-3-9-1-5-11(13)16(10)15(9)12/h1-10H/t9-,10+. The van der Waals surface area contributed by atoms with Gasteiger partial charge in [-0.2, -0.15) is 0 Å². The van der Waals surface area contributed by atoms with Crippen LogP contribution < -0.4 is 0 Å². The van der Waals surface area contributed by atoms with Crippen LogP contribution in [-0.4, -0.2) is 11.6 Å². The van der Waals surface area contributed by atoms with E-state index < -0.39 is 0 Å². The highest BCUT2D eigenvalue weighted by atomic mass is 16.1. The first-order chi connectivity index (χ1) is 8.75. The minimum Gasteiger partial charge on any atom is -0.289 e. The van der Waals surface area contributed by atoms with E-state index in [1.807, 2.05) is 36.5 Å². The Morgan fingerprint density at radius 3 is 1.44 bits per heavy atom. The fourth-order valence-corrected chi connectivity index (χ4v) is 3.09. The molecule has 0 heterocycles. The molecule has 4 rings (SSSR count). The van der Waals surface area contributed by atoms with Crippen molar-refractivity contribution in [3.8, 4) is 0 Å². The monoisotopic (exact) mass is 234 g/mol. The Morgan fingerprint density at radius 1 is 0.611 bits per heavy atom. The summed E-state index contributed by atoms with van der Waals surface area (Å²) in [7, 11) is 0. The molecule has 0 unspecified atom stereocenters. The molecule has 4 aliphatic carbocycles. The van der Waals surface area contributed by atoms with Crippen molar-refractivity contribution in [3.63, 3.8) is 0 Å². The van der Waals surface area contributed by atoms with Gasteiger partial charge in [-0.25, -0.2) is 0 Å². The largest absolute Gasteiger partial charge is 0.289 e. The highest BCUT2D eigenvalue weighted by molar-refractivity contribution is 6.13. The fourth-order valence-electron chi connectivity index (χ4n) is 3.09. The van der Waals surface area contributed by atoms with Crippen molar-refractivity contribution >= 4 is 11.6 Å². The summed E-state index contributed by atoms with van der Waals surface area (Å²) in [5, 5.41) is 0. The summed E-state index contributed by atoms with van der Waals surface area (Å²) in [5.74, 6) is 0.367. The molecule has 18 heavy (non-hydrogen) atoms. The second-order valence-corrected chi connectivity index (χ2v) is 4.87. The maximum absolute atomic E-state index is 11.9. The molecule has 0 aliphatic heterocycles. The van der Waals surface area contributed by atoms with E-state index in [9.17, 15) is 9.59 Å². The second kappa shape index (κ2) is 3.16. The lowest BCUT2D eigenvalue weighted by Crippen LogP contribution is -2.26. The van der Waals surface area contributed by atoms with E-state index in [0.717, 1.165) is 22.3 Å². The minimum atomic E-state index is 0.0418. The van der Waals surface area contributed by atoms with Crippen LogP contribution >= 0.6 is 0 Å². The Balaban J connectivity index is 2.04. The van der Waals surface area contributed by atoms with E-state index in [2.05, 4.69) is 0 Å². The van der Waals surface area contributed by atoms with Gasteiger partial charge < -0.3 is 0 Å². The predicted octanol–water partition coefficient (Wildman–Crippen LogP) is 2.23. The number of carbonyl (C=O) groups is 2. The van der Waals surface area contributed by atoms with Crippen LogP contribution in [0.1, 0.15) is 0 Å². The first-order valence-corrected chi connectivity index (χ1v) is 6.06. The van der Waals surface area contributed by atoms with Crippen LogP contribution in [0.4, 0.5) is 0 Å². The van der Waals surface area contributed by atoms with E-state index >= 15 is 0 Å². The molecule has 0 N–H and O–H groups in total. The van der Waals surface area contributed by atoms with Crippen LogP contribution in [0.3, 0.4) is 0 Å². The normalized spacial score (nSPS) is 31.3. The molecular weight excluding hydrogens is 224 g/mol. The van der Waals surface area contributed by atoms with Crippen LogP contribution in [0.2, 0.25) is 0 Å². The maximum atomic E-state index is 11.9. The number of hydrogen-bond donors (Lipinski definition) is 0. The van der Waals surface area contributed by atoms with Gasteiger partial charge in [0.1, 0.15) is 0 Å². The van der Waals surface area contributed by atoms with Gasteiger partial charge in [0.2, 0.25) is 0 Å². The molecule has 2 atom stereocenters. The van der Waals surface area contributed by atoms with Gasteiger partial charge in [0.15, 0.2) is 11.6 Å². The van der Waals surface area contributed by atoms with Crippen LogP contribution in [0.5, 0.6) is 0 Å². The summed E-state index contributed by atoms with van der Waals surface area (Å²) in [5.41, 5.74) is 3.56. The molecule has 0 radical (unpaired) electrons. The van der Waals surface area contributed by atoms with E-state index in [-0.39, 0.29) is 23.4 Å². The van der Waals surface area contributed by atoms with Gasteiger partial charge in [-0.3, -0.25) is 9.59 Å². The highest BCUT2D eigenvalue weighted by Gasteiger charge is 2.35. The fraction of sp³-hybridized carbons (Fsp3) is 0.125. The molecular formula is C16H10O2. The third kappa shape index (κ3) is 1.07. The van der Waals surface area contributed by atoms with Gasteiger partial charge in [0.25, 0.3) is 0 Å². The third-order valence-corrected chi connectivity index (χ3v) is 3.92. The Bertz CT molecular complexity index is 618. The highest BCUT2D eigenvalue weighted by Crippen LogP contribution is 2.44. The number of ketones is 2. The second-order valence-electron chi connectivity index (χ2n) is 4.87. The first-order valence-electron chi connectivity index (χ1n) is 6.06. The molecule has 0 saturated heterocycles. The summed E-state index contributed by atoms with van der Waals surface area (Å²) in [4.78, 5) is 23.8. The van der Waals surface area contributed by atoms with Crippen LogP contribution in [0, 0.1) is 11.8 Å². The lowest BCUT2D eigenvalue weighted by Gasteiger charge is -2.34. The average molecular weight is 234 g/mol. The summed E-state index contributed by atoms with van der Waals surface area (Å²) in [6.07, 6.45) is 14.9. The Labute approximate surface area is 104 Å². The number of allylic oxidation sites excluding steroid dienone is 12. The lowest BCUT2D eigenvalue weighted by molar-refractivity contribution is -0.112. The maximum Gasteiger partial charge on any atom is 0.185 e. The lowest BCUT2D eigenvalue weighted by atomic mass is 9.68. The molecule has 0 aromatic heterocycles. The van der Waals surface area contributed by atoms with Crippen molar-refractivity contribution in [2.75, 3.05) is 0 Å². The van der Waals surface area contributed by atoms with Gasteiger partial charge in [0.05, 0.1) is 0 Å². The summed E-state index contributed by atoms with van der Waals surface area (Å²) < 4.78 is 0. The third-order valence-electron chi connectivity index (χ3n) is 3.92. The van der Waals surface area contributed by atoms with Crippen molar-refractivity contribution < 1.29 is 9.59 Å². The zero-order valence-corrected chi connectivity index (χ0v) is 9.59. The minimum absolute atomic E-state index is 0.0418. The van der Waals surface area contributed by atoms with Crippen molar-refractivity contribution in [2.45, 2.75) is 0 Å². The molecule has 2 heteroatoms. The Kier molecular flexibility index (Phi) is 1.72. The van der Waals surface area contributed by atoms with E-state index in [1.54, 1.807) is 12.2 Å². The quantitative estimate of drug-likeness (QED) is 0.644. The van der Waals surface area contributed by atoms with E-state index in [0.29, 0.717) is 0 Å². The smallest absolute Gasteiger partial charge is 0.185 e. The number of hydrogen-bond acceptors (Lipinski definition) is 2. The predicted molar refractivity (Wildman–Crippen MR) is 67.6 cm³/mol. The van der Waals surface area contributed by atoms with Gasteiger partial charge in [-0.05, 0) is 23.3 Å². The van der Waals surface area contributed by atoms with Crippen LogP contribution in [0.25, 0.3) is 0 Å². The molecule has 4 aliphatic rings. The number of rotatable bonds is 0. The van der Waals surface area contributed by atoms with Crippen LogP contribution in [-0.2, 0) is 9.59 Å². The van der Waals surface area contributed by atoms with Crippen molar-refractivity contribution in [3.05, 3.63) is 70.9 Å². The zero-order chi connectivity index (χ0) is 12.3. The topological polar surface area (TPSA) is 34.1 Å².